The topological polar surface area (TPSA) is 65.1 Å². The molecular weight excluding hydrogens is 214 g/mol. The van der Waals surface area contributed by atoms with Crippen molar-refractivity contribution in [2.24, 2.45) is 0 Å². The highest BCUT2D eigenvalue weighted by Crippen LogP contribution is 2.28. The first kappa shape index (κ1) is 11.5. The third-order valence-corrected chi connectivity index (χ3v) is 2.56. The summed E-state index contributed by atoms with van der Waals surface area (Å²) in [5, 5.41) is 0. The Morgan fingerprint density at radius 1 is 1.38 bits per heavy atom. The lowest BCUT2D eigenvalue weighted by molar-refractivity contribution is -0.438. The van der Waals surface area contributed by atoms with Gasteiger partial charge in [-0.15, -0.1) is 0 Å². The van der Waals surface area contributed by atoms with Gasteiger partial charge in [0.25, 0.3) is 0 Å². The van der Waals surface area contributed by atoms with Crippen LogP contribution in [0.2, 0.25) is 0 Å². The SMILES string of the molecule is CCOC1(N2CCCC2=O)OCC(=O)CO1. The normalized spacial score (nSPS) is 25.2. The second kappa shape index (κ2) is 4.48. The third kappa shape index (κ3) is 1.95. The molecule has 0 unspecified atom stereocenters. The number of rotatable bonds is 3. The van der Waals surface area contributed by atoms with E-state index in [1.54, 1.807) is 6.92 Å². The number of likely N-dealkylation sites (tertiary alicyclic amines) is 1. The second-order valence-electron chi connectivity index (χ2n) is 3.72. The molecule has 6 heteroatoms. The third-order valence-electron chi connectivity index (χ3n) is 2.56. The van der Waals surface area contributed by atoms with Crippen LogP contribution in [0.25, 0.3) is 0 Å². The molecule has 2 aliphatic heterocycles. The average molecular weight is 229 g/mol. The molecule has 0 N–H and O–H groups in total. The number of amides is 1. The fourth-order valence-corrected chi connectivity index (χ4v) is 1.86. The minimum absolute atomic E-state index is 0.0669. The van der Waals surface area contributed by atoms with Gasteiger partial charge in [-0.1, -0.05) is 0 Å². The summed E-state index contributed by atoms with van der Waals surface area (Å²) in [6, 6.07) is 0. The van der Waals surface area contributed by atoms with E-state index in [1.807, 2.05) is 0 Å². The van der Waals surface area contributed by atoms with Gasteiger partial charge in [0.15, 0.2) is 5.78 Å². The summed E-state index contributed by atoms with van der Waals surface area (Å²) in [5.41, 5.74) is 0. The molecule has 2 heterocycles. The van der Waals surface area contributed by atoms with E-state index in [-0.39, 0.29) is 24.9 Å². The molecule has 16 heavy (non-hydrogen) atoms. The van der Waals surface area contributed by atoms with Crippen molar-refractivity contribution in [1.82, 2.24) is 4.90 Å². The highest BCUT2D eigenvalue weighted by molar-refractivity contribution is 5.82. The van der Waals surface area contributed by atoms with Gasteiger partial charge in [-0.25, -0.2) is 0 Å². The van der Waals surface area contributed by atoms with Crippen molar-refractivity contribution < 1.29 is 23.8 Å². The number of nitrogens with zero attached hydrogens (tertiary/aromatic N) is 1. The molecule has 1 amide bonds. The van der Waals surface area contributed by atoms with Crippen LogP contribution in [-0.2, 0) is 23.8 Å². The largest absolute Gasteiger partial charge is 0.380 e. The van der Waals surface area contributed by atoms with Crippen LogP contribution >= 0.6 is 0 Å². The molecule has 0 aromatic carbocycles. The molecule has 0 atom stereocenters. The van der Waals surface area contributed by atoms with Crippen LogP contribution in [-0.4, -0.2) is 49.1 Å². The summed E-state index contributed by atoms with van der Waals surface area (Å²) in [6.45, 7) is 2.50. The summed E-state index contributed by atoms with van der Waals surface area (Å²) in [6.07, 6.45) is -0.250. The summed E-state index contributed by atoms with van der Waals surface area (Å²) in [4.78, 5) is 24.1. The number of ketones is 1. The van der Waals surface area contributed by atoms with E-state index in [1.165, 1.54) is 4.90 Å². The predicted molar refractivity (Wildman–Crippen MR) is 52.2 cm³/mol. The summed E-state index contributed by atoms with van der Waals surface area (Å²) in [7, 11) is 0. The lowest BCUT2D eigenvalue weighted by atomic mass is 10.4. The van der Waals surface area contributed by atoms with Gasteiger partial charge in [-0.05, 0) is 13.3 Å². The number of ether oxygens (including phenoxy) is 3. The molecule has 2 fully saturated rings. The molecule has 0 aliphatic carbocycles. The second-order valence-corrected chi connectivity index (χ2v) is 3.72. The van der Waals surface area contributed by atoms with E-state index < -0.39 is 6.10 Å². The Morgan fingerprint density at radius 3 is 2.56 bits per heavy atom. The molecule has 0 spiro atoms. The zero-order valence-corrected chi connectivity index (χ0v) is 9.23. The fourth-order valence-electron chi connectivity index (χ4n) is 1.86. The summed E-state index contributed by atoms with van der Waals surface area (Å²) < 4.78 is 15.9. The minimum atomic E-state index is -1.48. The van der Waals surface area contributed by atoms with Crippen molar-refractivity contribution in [3.63, 3.8) is 0 Å². The van der Waals surface area contributed by atoms with E-state index in [0.29, 0.717) is 19.6 Å². The van der Waals surface area contributed by atoms with Crippen molar-refractivity contribution in [2.75, 3.05) is 26.4 Å². The van der Waals surface area contributed by atoms with Gasteiger partial charge in [-0.2, -0.15) is 0 Å². The maximum Gasteiger partial charge on any atom is 0.380 e. The number of Topliss-reactive ketones (excluding diaryl/α,β-unsaturated/α-hetero) is 1. The van der Waals surface area contributed by atoms with Crippen molar-refractivity contribution in [2.45, 2.75) is 25.9 Å². The molecule has 0 aromatic rings. The van der Waals surface area contributed by atoms with Crippen LogP contribution < -0.4 is 0 Å². The van der Waals surface area contributed by atoms with Gasteiger partial charge in [-0.3, -0.25) is 14.5 Å². The quantitative estimate of drug-likeness (QED) is 0.674. The molecule has 2 saturated heterocycles. The monoisotopic (exact) mass is 229 g/mol. The van der Waals surface area contributed by atoms with Gasteiger partial charge in [0, 0.05) is 13.0 Å². The highest BCUT2D eigenvalue weighted by Gasteiger charge is 2.48. The minimum Gasteiger partial charge on any atom is -0.309 e. The first-order valence-electron chi connectivity index (χ1n) is 5.42. The molecular formula is C10H15NO5. The van der Waals surface area contributed by atoms with E-state index in [9.17, 15) is 9.59 Å². The molecule has 2 rings (SSSR count). The van der Waals surface area contributed by atoms with Crippen molar-refractivity contribution in [3.05, 3.63) is 0 Å². The molecule has 90 valence electrons. The number of carbonyl (C=O) groups is 2. The molecule has 0 bridgehead atoms. The maximum atomic E-state index is 11.6. The number of carbonyl (C=O) groups excluding carboxylic acids is 2. The molecule has 0 aromatic heterocycles. The van der Waals surface area contributed by atoms with Crippen molar-refractivity contribution >= 4 is 11.7 Å². The van der Waals surface area contributed by atoms with Crippen LogP contribution in [0.15, 0.2) is 0 Å². The van der Waals surface area contributed by atoms with E-state index >= 15 is 0 Å². The van der Waals surface area contributed by atoms with Crippen LogP contribution in [0.1, 0.15) is 19.8 Å². The Morgan fingerprint density at radius 2 is 2.06 bits per heavy atom. The predicted octanol–water partition coefficient (Wildman–Crippen LogP) is -0.128. The van der Waals surface area contributed by atoms with Crippen LogP contribution in [0, 0.1) is 0 Å². The molecule has 0 saturated carbocycles. The maximum absolute atomic E-state index is 11.6. The average Bonchev–Trinajstić information content (AvgIpc) is 2.69. The van der Waals surface area contributed by atoms with E-state index in [2.05, 4.69) is 0 Å². The Balaban J connectivity index is 2.14. The zero-order valence-electron chi connectivity index (χ0n) is 9.23. The molecule has 6 nitrogen and oxygen atoms in total. The fraction of sp³-hybridized carbons (Fsp3) is 0.800. The summed E-state index contributed by atoms with van der Waals surface area (Å²) >= 11 is 0. The van der Waals surface area contributed by atoms with Crippen molar-refractivity contribution in [1.29, 1.82) is 0 Å². The van der Waals surface area contributed by atoms with E-state index in [4.69, 9.17) is 14.2 Å². The number of hydrogen-bond donors (Lipinski definition) is 0. The standard InChI is InChI=1S/C10H15NO5/c1-2-14-10(11-5-3-4-9(11)13)15-6-8(12)7-16-10/h2-7H2,1H3. The lowest BCUT2D eigenvalue weighted by Gasteiger charge is -2.40. The smallest absolute Gasteiger partial charge is 0.309 e. The lowest BCUT2D eigenvalue weighted by Crippen LogP contribution is -2.59. The Kier molecular flexibility index (Phi) is 3.22. The Hall–Kier alpha value is -0.980. The highest BCUT2D eigenvalue weighted by atomic mass is 16.9. The van der Waals surface area contributed by atoms with Crippen LogP contribution in [0.5, 0.6) is 0 Å². The van der Waals surface area contributed by atoms with Crippen LogP contribution in [0.4, 0.5) is 0 Å². The summed E-state index contributed by atoms with van der Waals surface area (Å²) in [5.74, 6) is -0.218. The Bertz CT molecular complexity index is 294. The van der Waals surface area contributed by atoms with Crippen molar-refractivity contribution in [3.8, 4) is 0 Å². The van der Waals surface area contributed by atoms with Gasteiger partial charge >= 0.3 is 6.10 Å². The van der Waals surface area contributed by atoms with Crippen LogP contribution in [0.3, 0.4) is 0 Å². The number of hydrogen-bond acceptors (Lipinski definition) is 5. The van der Waals surface area contributed by atoms with E-state index in [0.717, 1.165) is 6.42 Å². The van der Waals surface area contributed by atoms with Gasteiger partial charge in [0.1, 0.15) is 13.2 Å². The first-order chi connectivity index (χ1) is 7.68. The van der Waals surface area contributed by atoms with Gasteiger partial charge in [0.05, 0.1) is 6.61 Å². The zero-order chi connectivity index (χ0) is 11.6. The van der Waals surface area contributed by atoms with Gasteiger partial charge in [0.2, 0.25) is 5.91 Å². The molecule has 2 aliphatic rings. The van der Waals surface area contributed by atoms with Gasteiger partial charge < -0.3 is 14.2 Å². The Labute approximate surface area is 93.4 Å². The first-order valence-corrected chi connectivity index (χ1v) is 5.42. The molecule has 0 radical (unpaired) electrons.